The zero-order chi connectivity index (χ0) is 16.7. The number of carbonyl (C=O) groups is 1. The Morgan fingerprint density at radius 1 is 1.55 bits per heavy atom. The Morgan fingerprint density at radius 3 is 2.82 bits per heavy atom. The second-order valence-electron chi connectivity index (χ2n) is 4.14. The number of benzene rings is 1. The molecule has 7 nitrogen and oxygen atoms in total. The molecule has 1 rings (SSSR count). The van der Waals surface area contributed by atoms with Gasteiger partial charge in [0.25, 0.3) is 0 Å². The zero-order valence-electron chi connectivity index (χ0n) is 12.5. The average molecular weight is 345 g/mol. The molecule has 0 aliphatic rings. The van der Waals surface area contributed by atoms with E-state index in [1.165, 1.54) is 7.11 Å². The van der Waals surface area contributed by atoms with Gasteiger partial charge < -0.3 is 25.1 Å². The van der Waals surface area contributed by atoms with Crippen LogP contribution >= 0.6 is 12.2 Å². The van der Waals surface area contributed by atoms with Crippen molar-refractivity contribution in [1.29, 1.82) is 0 Å². The Balaban J connectivity index is 2.86. The van der Waals surface area contributed by atoms with Crippen LogP contribution in [0.5, 0.6) is 0 Å². The van der Waals surface area contributed by atoms with Crippen molar-refractivity contribution in [3.05, 3.63) is 18.2 Å². The third-order valence-electron chi connectivity index (χ3n) is 2.61. The Morgan fingerprint density at radius 2 is 2.23 bits per heavy atom. The van der Waals surface area contributed by atoms with Crippen LogP contribution in [0.1, 0.15) is 13.8 Å². The van der Waals surface area contributed by atoms with E-state index in [0.717, 1.165) is 0 Å². The van der Waals surface area contributed by atoms with Gasteiger partial charge in [-0.25, -0.2) is 4.79 Å². The lowest BCUT2D eigenvalue weighted by molar-refractivity contribution is 0.129. The molecular formula is C13H19N3O4S2. The van der Waals surface area contributed by atoms with Crippen molar-refractivity contribution in [2.75, 3.05) is 24.8 Å². The fourth-order valence-corrected chi connectivity index (χ4v) is 2.83. The summed E-state index contributed by atoms with van der Waals surface area (Å²) >= 11 is 3.61. The minimum atomic E-state index is -1.35. The number of nitrogens with two attached hydrogens (primary N) is 1. The van der Waals surface area contributed by atoms with Gasteiger partial charge in [0.05, 0.1) is 18.5 Å². The van der Waals surface area contributed by atoms with Gasteiger partial charge in [-0.1, -0.05) is 0 Å². The maximum Gasteiger partial charge on any atom is 0.413 e. The van der Waals surface area contributed by atoms with Gasteiger partial charge in [0.1, 0.15) is 0 Å². The minimum Gasteiger partial charge on any atom is -0.609 e. The van der Waals surface area contributed by atoms with E-state index in [1.807, 2.05) is 6.92 Å². The van der Waals surface area contributed by atoms with Gasteiger partial charge in [-0.3, -0.25) is 5.32 Å². The molecule has 22 heavy (non-hydrogen) atoms. The molecule has 0 saturated carbocycles. The molecule has 2 unspecified atom stereocenters. The highest BCUT2D eigenvalue weighted by molar-refractivity contribution is 7.91. The predicted molar refractivity (Wildman–Crippen MR) is 90.1 cm³/mol. The number of methoxy groups -OCH3 is 1. The third-order valence-corrected chi connectivity index (χ3v) is 4.27. The van der Waals surface area contributed by atoms with Crippen molar-refractivity contribution < 1.29 is 18.8 Å². The maximum atomic E-state index is 12.3. The summed E-state index contributed by atoms with van der Waals surface area (Å²) in [6.07, 6.45) is -0.694. The Labute approximate surface area is 137 Å². The monoisotopic (exact) mass is 345 g/mol. The van der Waals surface area contributed by atoms with E-state index in [4.69, 9.17) is 22.7 Å². The highest BCUT2D eigenvalue weighted by atomic mass is 32.2. The quantitative estimate of drug-likeness (QED) is 0.424. The number of carbonyl (C=O) groups excluding carboxylic acids is 1. The molecule has 0 bridgehead atoms. The van der Waals surface area contributed by atoms with Gasteiger partial charge >= 0.3 is 6.09 Å². The van der Waals surface area contributed by atoms with E-state index >= 15 is 0 Å². The van der Waals surface area contributed by atoms with Crippen LogP contribution in [0.25, 0.3) is 0 Å². The molecule has 9 heteroatoms. The maximum absolute atomic E-state index is 12.3. The topological polar surface area (TPSA) is 109 Å². The fraction of sp³-hybridized carbons (Fsp3) is 0.385. The molecule has 0 aromatic heterocycles. The SMILES string of the molecule is CCOC(C)[S+]([O-])c1ccc(N)c(NC(=S)NC(=O)OC)c1. The highest BCUT2D eigenvalue weighted by Gasteiger charge is 2.21. The molecule has 0 aliphatic carbocycles. The fourth-order valence-electron chi connectivity index (χ4n) is 1.55. The van der Waals surface area contributed by atoms with E-state index in [0.29, 0.717) is 22.9 Å². The van der Waals surface area contributed by atoms with Crippen LogP contribution in [0.2, 0.25) is 0 Å². The summed E-state index contributed by atoms with van der Waals surface area (Å²) in [5.74, 6) is 0. The Bertz CT molecular complexity index is 542. The van der Waals surface area contributed by atoms with Crippen LogP contribution in [0.15, 0.2) is 23.1 Å². The van der Waals surface area contributed by atoms with Crippen LogP contribution < -0.4 is 16.4 Å². The van der Waals surface area contributed by atoms with Crippen LogP contribution in [-0.2, 0) is 20.6 Å². The summed E-state index contributed by atoms with van der Waals surface area (Å²) in [6.45, 7) is 4.03. The number of nitrogen functional groups attached to an aromatic ring is 1. The molecule has 0 heterocycles. The first-order chi connectivity index (χ1) is 10.4. The van der Waals surface area contributed by atoms with Crippen molar-refractivity contribution in [2.45, 2.75) is 24.2 Å². The normalized spacial score (nSPS) is 13.1. The van der Waals surface area contributed by atoms with E-state index < -0.39 is 22.7 Å². The smallest absolute Gasteiger partial charge is 0.413 e. The van der Waals surface area contributed by atoms with Gasteiger partial charge in [0, 0.05) is 30.8 Å². The van der Waals surface area contributed by atoms with E-state index in [-0.39, 0.29) is 5.11 Å². The summed E-state index contributed by atoms with van der Waals surface area (Å²) < 4.78 is 22.1. The van der Waals surface area contributed by atoms with E-state index in [9.17, 15) is 9.35 Å². The molecule has 0 fully saturated rings. The molecule has 0 radical (unpaired) electrons. The lowest BCUT2D eigenvalue weighted by atomic mass is 10.3. The summed E-state index contributed by atoms with van der Waals surface area (Å²) in [7, 11) is 1.23. The highest BCUT2D eigenvalue weighted by Crippen LogP contribution is 2.25. The number of nitrogens with one attached hydrogen (secondary N) is 2. The van der Waals surface area contributed by atoms with Gasteiger partial charge in [0.2, 0.25) is 5.44 Å². The molecule has 0 aliphatic heterocycles. The van der Waals surface area contributed by atoms with Crippen LogP contribution in [-0.4, -0.2) is 34.9 Å². The van der Waals surface area contributed by atoms with Gasteiger partial charge in [0.15, 0.2) is 10.0 Å². The number of amides is 1. The second kappa shape index (κ2) is 8.79. The third kappa shape index (κ3) is 5.34. The zero-order valence-corrected chi connectivity index (χ0v) is 14.2. The van der Waals surface area contributed by atoms with Crippen LogP contribution in [0.4, 0.5) is 16.2 Å². The number of hydrogen-bond donors (Lipinski definition) is 3. The first kappa shape index (κ1) is 18.5. The minimum absolute atomic E-state index is 0.0272. The van der Waals surface area contributed by atoms with Crippen molar-refractivity contribution in [2.24, 2.45) is 0 Å². The number of alkyl carbamates (subject to hydrolysis) is 1. The second-order valence-corrected chi connectivity index (χ2v) is 6.28. The Hall–Kier alpha value is -1.55. The molecular weight excluding hydrogens is 326 g/mol. The average Bonchev–Trinajstić information content (AvgIpc) is 2.48. The Kier molecular flexibility index (Phi) is 7.39. The molecule has 0 spiro atoms. The first-order valence-electron chi connectivity index (χ1n) is 6.46. The van der Waals surface area contributed by atoms with Gasteiger partial charge in [-0.15, -0.1) is 0 Å². The summed E-state index contributed by atoms with van der Waals surface area (Å²) in [6, 6.07) is 4.87. The van der Waals surface area contributed by atoms with Crippen LogP contribution in [0.3, 0.4) is 0 Å². The molecule has 1 aromatic carbocycles. The number of anilines is 2. The van der Waals surface area contributed by atoms with Crippen molar-refractivity contribution in [3.8, 4) is 0 Å². The molecule has 2 atom stereocenters. The summed E-state index contributed by atoms with van der Waals surface area (Å²) in [5, 5.41) is 5.09. The van der Waals surface area contributed by atoms with Gasteiger partial charge in [-0.2, -0.15) is 0 Å². The molecule has 1 aromatic rings. The molecule has 0 saturated heterocycles. The van der Waals surface area contributed by atoms with Crippen molar-refractivity contribution >= 4 is 46.0 Å². The van der Waals surface area contributed by atoms with Gasteiger partial charge in [-0.05, 0) is 31.3 Å². The van der Waals surface area contributed by atoms with E-state index in [1.54, 1.807) is 25.1 Å². The molecule has 122 valence electrons. The molecule has 1 amide bonds. The number of hydrogen-bond acceptors (Lipinski definition) is 6. The number of rotatable bonds is 5. The standard InChI is InChI=1S/C13H19N3O4S2/c1-4-20-8(2)22(18)9-5-6-10(14)11(7-9)15-12(21)16-13(17)19-3/h5-8H,4,14H2,1-3H3,(H2,15,16,17,21). The number of ether oxygens (including phenoxy) is 2. The van der Waals surface area contributed by atoms with Crippen molar-refractivity contribution in [3.63, 3.8) is 0 Å². The first-order valence-corrected chi connectivity index (χ1v) is 8.08. The lowest BCUT2D eigenvalue weighted by Gasteiger charge is -2.18. The number of thiocarbonyl (C=S) groups is 1. The predicted octanol–water partition coefficient (Wildman–Crippen LogP) is 1.81. The molecule has 4 N–H and O–H groups in total. The van der Waals surface area contributed by atoms with Crippen molar-refractivity contribution in [1.82, 2.24) is 5.32 Å². The summed E-state index contributed by atoms with van der Waals surface area (Å²) in [4.78, 5) is 11.6. The van der Waals surface area contributed by atoms with Crippen LogP contribution in [0, 0.1) is 0 Å². The van der Waals surface area contributed by atoms with E-state index in [2.05, 4.69) is 15.4 Å². The summed E-state index contributed by atoms with van der Waals surface area (Å²) in [5.41, 5.74) is 6.24. The lowest BCUT2D eigenvalue weighted by Crippen LogP contribution is -2.34. The largest absolute Gasteiger partial charge is 0.609 e.